The predicted octanol–water partition coefficient (Wildman–Crippen LogP) is 3.95. The van der Waals surface area contributed by atoms with Gasteiger partial charge in [0.1, 0.15) is 5.75 Å². The maximum atomic E-state index is 12.6. The van der Waals surface area contributed by atoms with Crippen molar-refractivity contribution in [3.8, 4) is 5.75 Å². The Morgan fingerprint density at radius 2 is 1.75 bits per heavy atom. The van der Waals surface area contributed by atoms with Crippen LogP contribution in [0.15, 0.2) is 48.5 Å². The number of carbonyl (C=O) groups is 1. The minimum absolute atomic E-state index is 0.0238. The second-order valence-electron chi connectivity index (χ2n) is 4.11. The number of rotatable bonds is 3. The highest BCUT2D eigenvalue weighted by Gasteiger charge is 2.31. The van der Waals surface area contributed by atoms with E-state index in [4.69, 9.17) is 4.74 Å². The fourth-order valence-electron chi connectivity index (χ4n) is 1.82. The average Bonchev–Trinajstić information content (AvgIpc) is 2.45. The van der Waals surface area contributed by atoms with Crippen molar-refractivity contribution in [2.45, 2.75) is 6.18 Å². The normalized spacial score (nSPS) is 11.2. The third-order valence-corrected chi connectivity index (χ3v) is 2.80. The summed E-state index contributed by atoms with van der Waals surface area (Å²) in [6.45, 7) is 0. The molecule has 0 aliphatic carbocycles. The number of ether oxygens (including phenoxy) is 1. The van der Waals surface area contributed by atoms with Crippen LogP contribution in [-0.2, 0) is 6.18 Å². The molecule has 0 heterocycles. The molecule has 2 nitrogen and oxygen atoms in total. The van der Waals surface area contributed by atoms with Gasteiger partial charge in [-0.25, -0.2) is 0 Å². The van der Waals surface area contributed by atoms with E-state index >= 15 is 0 Å². The summed E-state index contributed by atoms with van der Waals surface area (Å²) in [5.41, 5.74) is -0.642. The lowest BCUT2D eigenvalue weighted by Gasteiger charge is -2.10. The number of para-hydroxylation sites is 1. The van der Waals surface area contributed by atoms with Gasteiger partial charge in [0.2, 0.25) is 0 Å². The van der Waals surface area contributed by atoms with Crippen molar-refractivity contribution in [1.82, 2.24) is 0 Å². The summed E-state index contributed by atoms with van der Waals surface area (Å²) >= 11 is 0. The van der Waals surface area contributed by atoms with Gasteiger partial charge in [0.15, 0.2) is 5.78 Å². The Morgan fingerprint density at radius 1 is 1.05 bits per heavy atom. The molecule has 20 heavy (non-hydrogen) atoms. The molecular formula is C15H11F3O2. The van der Waals surface area contributed by atoms with Gasteiger partial charge in [-0.3, -0.25) is 4.79 Å². The molecule has 0 aromatic heterocycles. The summed E-state index contributed by atoms with van der Waals surface area (Å²) in [6.07, 6.45) is -4.48. The van der Waals surface area contributed by atoms with E-state index in [2.05, 4.69) is 0 Å². The maximum absolute atomic E-state index is 12.6. The zero-order valence-corrected chi connectivity index (χ0v) is 10.6. The van der Waals surface area contributed by atoms with Crippen LogP contribution in [0.2, 0.25) is 0 Å². The van der Waals surface area contributed by atoms with Crippen LogP contribution in [0.5, 0.6) is 5.75 Å². The van der Waals surface area contributed by atoms with E-state index in [1.807, 2.05) is 0 Å². The van der Waals surface area contributed by atoms with Crippen LogP contribution >= 0.6 is 0 Å². The lowest BCUT2D eigenvalue weighted by atomic mass is 10.0. The third kappa shape index (κ3) is 2.82. The predicted molar refractivity (Wildman–Crippen MR) is 67.9 cm³/mol. The van der Waals surface area contributed by atoms with Gasteiger partial charge in [-0.15, -0.1) is 0 Å². The fourth-order valence-corrected chi connectivity index (χ4v) is 1.82. The first-order valence-electron chi connectivity index (χ1n) is 5.78. The van der Waals surface area contributed by atoms with Crippen molar-refractivity contribution >= 4 is 5.78 Å². The number of benzene rings is 2. The Labute approximate surface area is 113 Å². The number of halogens is 3. The van der Waals surface area contributed by atoms with Crippen LogP contribution in [0.4, 0.5) is 13.2 Å². The topological polar surface area (TPSA) is 26.3 Å². The molecule has 2 aromatic rings. The Hall–Kier alpha value is -2.30. The molecule has 0 saturated heterocycles. The Bertz CT molecular complexity index is 633. The van der Waals surface area contributed by atoms with E-state index in [-0.39, 0.29) is 11.1 Å². The first kappa shape index (κ1) is 14.1. The molecule has 0 spiro atoms. The molecule has 5 heteroatoms. The zero-order valence-electron chi connectivity index (χ0n) is 10.6. The van der Waals surface area contributed by atoms with Gasteiger partial charge in [0.25, 0.3) is 0 Å². The second-order valence-corrected chi connectivity index (χ2v) is 4.11. The molecule has 2 rings (SSSR count). The van der Waals surface area contributed by atoms with Crippen LogP contribution < -0.4 is 4.74 Å². The summed E-state index contributed by atoms with van der Waals surface area (Å²) in [5.74, 6) is -0.177. The summed E-state index contributed by atoms with van der Waals surface area (Å²) < 4.78 is 43.0. The molecule has 0 atom stereocenters. The molecule has 0 fully saturated rings. The molecule has 0 saturated carbocycles. The van der Waals surface area contributed by atoms with E-state index in [0.717, 1.165) is 12.1 Å². The quantitative estimate of drug-likeness (QED) is 0.796. The summed E-state index contributed by atoms with van der Waals surface area (Å²) in [6, 6.07) is 10.7. The van der Waals surface area contributed by atoms with Crippen LogP contribution in [0.1, 0.15) is 21.5 Å². The van der Waals surface area contributed by atoms with E-state index in [9.17, 15) is 18.0 Å². The van der Waals surface area contributed by atoms with Crippen LogP contribution in [0.25, 0.3) is 0 Å². The Kier molecular flexibility index (Phi) is 3.79. The third-order valence-electron chi connectivity index (χ3n) is 2.80. The lowest BCUT2D eigenvalue weighted by molar-refractivity contribution is -0.137. The molecule has 0 unspecified atom stereocenters. The first-order valence-corrected chi connectivity index (χ1v) is 5.78. The minimum atomic E-state index is -4.48. The largest absolute Gasteiger partial charge is 0.496 e. The highest BCUT2D eigenvalue weighted by Crippen LogP contribution is 2.30. The van der Waals surface area contributed by atoms with E-state index in [1.165, 1.54) is 25.3 Å². The monoisotopic (exact) mass is 280 g/mol. The van der Waals surface area contributed by atoms with Gasteiger partial charge in [-0.1, -0.05) is 24.3 Å². The SMILES string of the molecule is COc1ccccc1C(=O)c1cccc(C(F)(F)F)c1. The highest BCUT2D eigenvalue weighted by atomic mass is 19.4. The first-order chi connectivity index (χ1) is 9.43. The molecule has 0 amide bonds. The van der Waals surface area contributed by atoms with Crippen LogP contribution in [0.3, 0.4) is 0 Å². The van der Waals surface area contributed by atoms with Crippen molar-refractivity contribution in [3.63, 3.8) is 0 Å². The summed E-state index contributed by atoms with van der Waals surface area (Å²) in [4.78, 5) is 12.3. The van der Waals surface area contributed by atoms with Gasteiger partial charge < -0.3 is 4.74 Å². The maximum Gasteiger partial charge on any atom is 0.416 e. The number of methoxy groups -OCH3 is 1. The Balaban J connectivity index is 2.44. The standard InChI is InChI=1S/C15H11F3O2/c1-20-13-8-3-2-7-12(13)14(19)10-5-4-6-11(9-10)15(16,17)18/h2-9H,1H3. The van der Waals surface area contributed by atoms with Crippen molar-refractivity contribution in [2.24, 2.45) is 0 Å². The number of hydrogen-bond acceptors (Lipinski definition) is 2. The molecule has 0 aliphatic heterocycles. The van der Waals surface area contributed by atoms with Gasteiger partial charge >= 0.3 is 6.18 Å². The van der Waals surface area contributed by atoms with Gasteiger partial charge in [0, 0.05) is 5.56 Å². The molecule has 0 aliphatic rings. The highest BCUT2D eigenvalue weighted by molar-refractivity contribution is 6.10. The Morgan fingerprint density at radius 3 is 2.40 bits per heavy atom. The van der Waals surface area contributed by atoms with Gasteiger partial charge in [-0.05, 0) is 24.3 Å². The number of carbonyl (C=O) groups excluding carboxylic acids is 1. The number of hydrogen-bond donors (Lipinski definition) is 0. The smallest absolute Gasteiger partial charge is 0.416 e. The average molecular weight is 280 g/mol. The summed E-state index contributed by atoms with van der Waals surface area (Å²) in [5, 5.41) is 0. The molecule has 0 bridgehead atoms. The van der Waals surface area contributed by atoms with Crippen LogP contribution in [0, 0.1) is 0 Å². The molecule has 2 aromatic carbocycles. The van der Waals surface area contributed by atoms with E-state index in [0.29, 0.717) is 5.75 Å². The van der Waals surface area contributed by atoms with Crippen molar-refractivity contribution in [2.75, 3.05) is 7.11 Å². The zero-order chi connectivity index (χ0) is 14.8. The molecule has 0 N–H and O–H groups in total. The lowest BCUT2D eigenvalue weighted by Crippen LogP contribution is -2.08. The van der Waals surface area contributed by atoms with Crippen molar-refractivity contribution in [3.05, 3.63) is 65.2 Å². The second kappa shape index (κ2) is 5.36. The van der Waals surface area contributed by atoms with E-state index in [1.54, 1.807) is 18.2 Å². The van der Waals surface area contributed by atoms with Gasteiger partial charge in [-0.2, -0.15) is 13.2 Å². The van der Waals surface area contributed by atoms with E-state index < -0.39 is 17.5 Å². The van der Waals surface area contributed by atoms with Crippen molar-refractivity contribution < 1.29 is 22.7 Å². The molecule has 0 radical (unpaired) electrons. The molecular weight excluding hydrogens is 269 g/mol. The van der Waals surface area contributed by atoms with Gasteiger partial charge in [0.05, 0.1) is 18.2 Å². The number of ketones is 1. The number of alkyl halides is 3. The van der Waals surface area contributed by atoms with Crippen molar-refractivity contribution in [1.29, 1.82) is 0 Å². The fraction of sp³-hybridized carbons (Fsp3) is 0.133. The van der Waals surface area contributed by atoms with Crippen LogP contribution in [-0.4, -0.2) is 12.9 Å². The molecule has 104 valence electrons. The summed E-state index contributed by atoms with van der Waals surface area (Å²) in [7, 11) is 1.40. The minimum Gasteiger partial charge on any atom is -0.496 e.